The Morgan fingerprint density at radius 1 is 0.878 bits per heavy atom. The molecule has 10 heteroatoms. The fourth-order valence-electron chi connectivity index (χ4n) is 4.28. The van der Waals surface area contributed by atoms with Crippen LogP contribution in [0.2, 0.25) is 0 Å². The first-order valence-electron chi connectivity index (χ1n) is 13.5. The van der Waals surface area contributed by atoms with Crippen LogP contribution in [0.1, 0.15) is 32.8 Å². The number of sulfonamides is 1. The highest BCUT2D eigenvalue weighted by Crippen LogP contribution is 2.28. The first-order valence-corrected chi connectivity index (χ1v) is 15.0. The molecule has 0 radical (unpaired) electrons. The predicted octanol–water partition coefficient (Wildman–Crippen LogP) is 4.48. The Balaban J connectivity index is 2.05. The second-order valence-electron chi connectivity index (χ2n) is 9.96. The van der Waals surface area contributed by atoms with Crippen LogP contribution in [0.5, 0.6) is 11.5 Å². The first-order chi connectivity index (χ1) is 19.6. The lowest BCUT2D eigenvalue weighted by Crippen LogP contribution is -2.52. The van der Waals surface area contributed by atoms with Crippen molar-refractivity contribution in [1.29, 1.82) is 0 Å². The van der Waals surface area contributed by atoms with Crippen molar-refractivity contribution in [3.05, 3.63) is 84.4 Å². The molecule has 0 aliphatic heterocycles. The Hall–Kier alpha value is -4.05. The van der Waals surface area contributed by atoms with Gasteiger partial charge >= 0.3 is 0 Å². The van der Waals surface area contributed by atoms with E-state index in [-0.39, 0.29) is 29.0 Å². The van der Waals surface area contributed by atoms with E-state index in [1.165, 1.54) is 24.1 Å². The number of hydrogen-bond acceptors (Lipinski definition) is 6. The second kappa shape index (κ2) is 14.5. The van der Waals surface area contributed by atoms with Crippen molar-refractivity contribution in [2.45, 2.75) is 44.7 Å². The summed E-state index contributed by atoms with van der Waals surface area (Å²) in [5.41, 5.74) is 1.04. The van der Waals surface area contributed by atoms with Gasteiger partial charge in [0.15, 0.2) is 0 Å². The number of anilines is 1. The van der Waals surface area contributed by atoms with E-state index in [1.807, 2.05) is 32.9 Å². The average Bonchev–Trinajstić information content (AvgIpc) is 2.99. The number of carbonyl (C=O) groups is 2. The number of benzene rings is 3. The quantitative estimate of drug-likeness (QED) is 0.301. The van der Waals surface area contributed by atoms with Gasteiger partial charge in [0.1, 0.15) is 24.1 Å². The third-order valence-corrected chi connectivity index (χ3v) is 8.32. The van der Waals surface area contributed by atoms with Crippen LogP contribution >= 0.6 is 0 Å². The van der Waals surface area contributed by atoms with E-state index in [0.717, 1.165) is 9.87 Å². The molecular weight excluding hydrogens is 542 g/mol. The van der Waals surface area contributed by atoms with Crippen molar-refractivity contribution in [3.8, 4) is 11.5 Å². The zero-order valence-electron chi connectivity index (χ0n) is 24.2. The van der Waals surface area contributed by atoms with Gasteiger partial charge in [-0.25, -0.2) is 8.42 Å². The molecule has 9 nitrogen and oxygen atoms in total. The van der Waals surface area contributed by atoms with Crippen LogP contribution in [0.25, 0.3) is 0 Å². The van der Waals surface area contributed by atoms with E-state index in [4.69, 9.17) is 9.47 Å². The molecular formula is C31H39N3O6S. The lowest BCUT2D eigenvalue weighted by Gasteiger charge is -2.33. The standard InChI is InChI=1S/C31H39N3O6S/c1-6-29(31(36)32-20-23(2)3)33(21-24-15-17-26(39-4)18-16-24)30(35)22-34(25-11-10-12-27(19-25)40-5)41(37,38)28-13-8-7-9-14-28/h7-19,23,29H,6,20-22H2,1-5H3,(H,32,36)/t29-/m0/s1. The smallest absolute Gasteiger partial charge is 0.264 e. The molecule has 1 atom stereocenters. The molecule has 2 amide bonds. The van der Waals surface area contributed by atoms with Gasteiger partial charge in [0, 0.05) is 19.2 Å². The highest BCUT2D eigenvalue weighted by atomic mass is 32.2. The van der Waals surface area contributed by atoms with Gasteiger partial charge < -0.3 is 19.7 Å². The number of carbonyl (C=O) groups excluding carboxylic acids is 2. The van der Waals surface area contributed by atoms with E-state index >= 15 is 0 Å². The summed E-state index contributed by atoms with van der Waals surface area (Å²) >= 11 is 0. The molecule has 41 heavy (non-hydrogen) atoms. The van der Waals surface area contributed by atoms with E-state index in [1.54, 1.807) is 61.7 Å². The summed E-state index contributed by atoms with van der Waals surface area (Å²) in [5, 5.41) is 2.93. The second-order valence-corrected chi connectivity index (χ2v) is 11.8. The van der Waals surface area contributed by atoms with Crippen molar-refractivity contribution >= 4 is 27.5 Å². The third kappa shape index (κ3) is 8.23. The number of nitrogens with zero attached hydrogens (tertiary/aromatic N) is 2. The van der Waals surface area contributed by atoms with E-state index in [0.29, 0.717) is 24.5 Å². The van der Waals surface area contributed by atoms with Crippen molar-refractivity contribution in [1.82, 2.24) is 10.2 Å². The van der Waals surface area contributed by atoms with Gasteiger partial charge in [0.05, 0.1) is 24.8 Å². The molecule has 0 bridgehead atoms. The maximum Gasteiger partial charge on any atom is 0.264 e. The summed E-state index contributed by atoms with van der Waals surface area (Å²) in [6, 6.07) is 20.8. The van der Waals surface area contributed by atoms with Crippen LogP contribution in [-0.2, 0) is 26.2 Å². The van der Waals surface area contributed by atoms with Crippen LogP contribution in [0.4, 0.5) is 5.69 Å². The first kappa shape index (κ1) is 31.5. The van der Waals surface area contributed by atoms with Gasteiger partial charge in [-0.3, -0.25) is 13.9 Å². The Bertz CT molecular complexity index is 1390. The zero-order chi connectivity index (χ0) is 30.0. The molecule has 0 saturated carbocycles. The Kier molecular flexibility index (Phi) is 11.2. The Morgan fingerprint density at radius 2 is 1.54 bits per heavy atom. The molecule has 220 valence electrons. The Morgan fingerprint density at radius 3 is 2.12 bits per heavy atom. The monoisotopic (exact) mass is 581 g/mol. The van der Waals surface area contributed by atoms with Crippen LogP contribution in [0, 0.1) is 5.92 Å². The third-order valence-electron chi connectivity index (χ3n) is 6.53. The number of methoxy groups -OCH3 is 2. The summed E-state index contributed by atoms with van der Waals surface area (Å²) in [6.45, 7) is 5.85. The number of nitrogens with one attached hydrogen (secondary N) is 1. The maximum atomic E-state index is 14.1. The van der Waals surface area contributed by atoms with E-state index < -0.39 is 28.5 Å². The van der Waals surface area contributed by atoms with Gasteiger partial charge in [-0.1, -0.05) is 57.2 Å². The van der Waals surface area contributed by atoms with Crippen LogP contribution in [0.15, 0.2) is 83.8 Å². The van der Waals surface area contributed by atoms with Crippen LogP contribution in [0.3, 0.4) is 0 Å². The summed E-state index contributed by atoms with van der Waals surface area (Å²) in [7, 11) is -1.10. The lowest BCUT2D eigenvalue weighted by molar-refractivity contribution is -0.140. The molecule has 0 unspecified atom stereocenters. The normalized spacial score (nSPS) is 12.0. The van der Waals surface area contributed by atoms with Crippen molar-refractivity contribution in [2.24, 2.45) is 5.92 Å². The molecule has 0 aliphatic rings. The minimum Gasteiger partial charge on any atom is -0.497 e. The summed E-state index contributed by atoms with van der Waals surface area (Å²) in [4.78, 5) is 28.9. The summed E-state index contributed by atoms with van der Waals surface area (Å²) in [6.07, 6.45) is 0.344. The van der Waals surface area contributed by atoms with Gasteiger partial charge in [-0.2, -0.15) is 0 Å². The molecule has 3 aromatic carbocycles. The molecule has 0 saturated heterocycles. The summed E-state index contributed by atoms with van der Waals surface area (Å²) < 4.78 is 39.4. The maximum absolute atomic E-state index is 14.1. The SMILES string of the molecule is CC[C@@H](C(=O)NCC(C)C)N(Cc1ccc(OC)cc1)C(=O)CN(c1cccc(OC)c1)S(=O)(=O)c1ccccc1. The van der Waals surface area contributed by atoms with Gasteiger partial charge in [-0.05, 0) is 54.3 Å². The number of hydrogen-bond donors (Lipinski definition) is 1. The topological polar surface area (TPSA) is 105 Å². The highest BCUT2D eigenvalue weighted by molar-refractivity contribution is 7.92. The molecule has 0 heterocycles. The minimum atomic E-state index is -4.15. The van der Waals surface area contributed by atoms with Gasteiger partial charge in [0.25, 0.3) is 10.0 Å². The Labute approximate surface area is 243 Å². The van der Waals surface area contributed by atoms with Crippen LogP contribution in [-0.4, -0.2) is 58.5 Å². The van der Waals surface area contributed by atoms with E-state index in [2.05, 4.69) is 5.32 Å². The van der Waals surface area contributed by atoms with Gasteiger partial charge in [0.2, 0.25) is 11.8 Å². The van der Waals surface area contributed by atoms with Crippen molar-refractivity contribution < 1.29 is 27.5 Å². The fraction of sp³-hybridized carbons (Fsp3) is 0.355. The summed E-state index contributed by atoms with van der Waals surface area (Å²) in [5.74, 6) is 0.516. The molecule has 1 N–H and O–H groups in total. The number of ether oxygens (including phenoxy) is 2. The molecule has 0 spiro atoms. The molecule has 0 aliphatic carbocycles. The lowest BCUT2D eigenvalue weighted by atomic mass is 10.1. The molecule has 0 aromatic heterocycles. The zero-order valence-corrected chi connectivity index (χ0v) is 25.1. The van der Waals surface area contributed by atoms with Crippen molar-refractivity contribution in [3.63, 3.8) is 0 Å². The highest BCUT2D eigenvalue weighted by Gasteiger charge is 2.33. The van der Waals surface area contributed by atoms with Crippen molar-refractivity contribution in [2.75, 3.05) is 31.6 Å². The van der Waals surface area contributed by atoms with E-state index in [9.17, 15) is 18.0 Å². The molecule has 3 rings (SSSR count). The molecule has 3 aromatic rings. The average molecular weight is 582 g/mol. The van der Waals surface area contributed by atoms with Crippen LogP contribution < -0.4 is 19.1 Å². The number of rotatable bonds is 14. The number of amides is 2. The van der Waals surface area contributed by atoms with Gasteiger partial charge in [-0.15, -0.1) is 0 Å². The predicted molar refractivity (Wildman–Crippen MR) is 159 cm³/mol. The minimum absolute atomic E-state index is 0.0408. The fourth-order valence-corrected chi connectivity index (χ4v) is 5.71. The largest absolute Gasteiger partial charge is 0.497 e. The molecule has 0 fully saturated rings.